The van der Waals surface area contributed by atoms with Crippen LogP contribution in [0.2, 0.25) is 0 Å². The Morgan fingerprint density at radius 2 is 1.88 bits per heavy atom. The summed E-state index contributed by atoms with van der Waals surface area (Å²) in [5, 5.41) is 11.2. The number of nitrogens with zero attached hydrogens (tertiary/aromatic N) is 2. The van der Waals surface area contributed by atoms with Crippen LogP contribution < -0.4 is 0 Å². The molecule has 1 amide bonds. The second-order valence-corrected chi connectivity index (χ2v) is 8.45. The Bertz CT molecular complexity index is 1130. The number of hydrogen-bond donors (Lipinski definition) is 1. The summed E-state index contributed by atoms with van der Waals surface area (Å²) in [7, 11) is 1.62. The fraction of sp³-hybridized carbons (Fsp3) is 0.385. The molecule has 6 heteroatoms. The average Bonchev–Trinajstić information content (AvgIpc) is 3.00. The van der Waals surface area contributed by atoms with Crippen molar-refractivity contribution < 1.29 is 19.4 Å². The molecule has 3 rings (SSSR count). The molecule has 0 saturated heterocycles. The third-order valence-electron chi connectivity index (χ3n) is 5.84. The van der Waals surface area contributed by atoms with Gasteiger partial charge in [0.25, 0.3) is 0 Å². The first kappa shape index (κ1) is 23.4. The number of phenols is 1. The van der Waals surface area contributed by atoms with E-state index in [1.165, 1.54) is 4.90 Å². The number of amides is 1. The molecule has 32 heavy (non-hydrogen) atoms. The number of carbonyl (C=O) groups excluding carboxylic acids is 2. The predicted molar refractivity (Wildman–Crippen MR) is 126 cm³/mol. The lowest BCUT2D eigenvalue weighted by Crippen LogP contribution is -2.34. The topological polar surface area (TPSA) is 71.8 Å². The summed E-state index contributed by atoms with van der Waals surface area (Å²) in [4.78, 5) is 26.0. The molecular formula is C26H32N2O4. The predicted octanol–water partition coefficient (Wildman–Crippen LogP) is 4.39. The fourth-order valence-electron chi connectivity index (χ4n) is 4.05. The Kier molecular flexibility index (Phi) is 7.23. The molecular weight excluding hydrogens is 404 g/mol. The van der Waals surface area contributed by atoms with E-state index in [9.17, 15) is 14.7 Å². The molecule has 0 aliphatic rings. The zero-order chi connectivity index (χ0) is 23.4. The van der Waals surface area contributed by atoms with E-state index >= 15 is 0 Å². The number of aromatic hydroxyl groups is 1. The minimum atomic E-state index is -0.407. The molecule has 3 aromatic rings. The van der Waals surface area contributed by atoms with Gasteiger partial charge in [0.05, 0.1) is 13.0 Å². The highest BCUT2D eigenvalue weighted by Crippen LogP contribution is 2.30. The number of hydrogen-bond acceptors (Lipinski definition) is 4. The van der Waals surface area contributed by atoms with Crippen molar-refractivity contribution in [3.63, 3.8) is 0 Å². The van der Waals surface area contributed by atoms with E-state index < -0.39 is 5.97 Å². The van der Waals surface area contributed by atoms with Crippen molar-refractivity contribution in [3.8, 4) is 5.75 Å². The number of ether oxygens (including phenoxy) is 1. The lowest BCUT2D eigenvalue weighted by atomic mass is 9.99. The van der Waals surface area contributed by atoms with E-state index in [1.807, 2.05) is 37.3 Å². The Morgan fingerprint density at radius 1 is 1.16 bits per heavy atom. The maximum absolute atomic E-state index is 12.9. The van der Waals surface area contributed by atoms with E-state index in [-0.39, 0.29) is 24.8 Å². The summed E-state index contributed by atoms with van der Waals surface area (Å²) in [6.07, 6.45) is 0.210. The second-order valence-electron chi connectivity index (χ2n) is 8.45. The number of esters is 1. The smallest absolute Gasteiger partial charge is 0.325 e. The standard InChI is InChI=1S/C26H32N2O4/c1-6-32-26(31)16-27(5)25(30)14-22-18(4)28(23-10-8-7-9-20(22)23)15-19-11-12-24(29)21(13-19)17(2)3/h7-13,17,29H,6,14-16H2,1-5H3. The van der Waals surface area contributed by atoms with Crippen LogP contribution >= 0.6 is 0 Å². The molecule has 170 valence electrons. The lowest BCUT2D eigenvalue weighted by Gasteiger charge is -2.16. The van der Waals surface area contributed by atoms with Crippen LogP contribution in [0.1, 0.15) is 49.1 Å². The van der Waals surface area contributed by atoms with Gasteiger partial charge in [-0.05, 0) is 48.6 Å². The number of fused-ring (bicyclic) bond motifs is 1. The van der Waals surface area contributed by atoms with Gasteiger partial charge >= 0.3 is 5.97 Å². The minimum absolute atomic E-state index is 0.0597. The molecule has 1 N–H and O–H groups in total. The molecule has 0 atom stereocenters. The summed E-state index contributed by atoms with van der Waals surface area (Å²) >= 11 is 0. The van der Waals surface area contributed by atoms with Gasteiger partial charge in [0.15, 0.2) is 0 Å². The van der Waals surface area contributed by atoms with E-state index in [4.69, 9.17) is 4.74 Å². The van der Waals surface area contributed by atoms with Crippen molar-refractivity contribution in [2.24, 2.45) is 0 Å². The van der Waals surface area contributed by atoms with Gasteiger partial charge in [-0.25, -0.2) is 0 Å². The summed E-state index contributed by atoms with van der Waals surface area (Å²) in [5.41, 5.74) is 5.05. The summed E-state index contributed by atoms with van der Waals surface area (Å²) in [5.74, 6) is 0.000834. The molecule has 2 aromatic carbocycles. The van der Waals surface area contributed by atoms with Gasteiger partial charge in [-0.15, -0.1) is 0 Å². The zero-order valence-corrected chi connectivity index (χ0v) is 19.5. The van der Waals surface area contributed by atoms with Crippen LogP contribution in [0.4, 0.5) is 0 Å². The van der Waals surface area contributed by atoms with Gasteiger partial charge in [0.2, 0.25) is 5.91 Å². The first-order valence-electron chi connectivity index (χ1n) is 11.0. The number of para-hydroxylation sites is 1. The van der Waals surface area contributed by atoms with Crippen LogP contribution in [0.5, 0.6) is 5.75 Å². The maximum Gasteiger partial charge on any atom is 0.325 e. The summed E-state index contributed by atoms with van der Waals surface area (Å²) in [6.45, 7) is 8.77. The van der Waals surface area contributed by atoms with Gasteiger partial charge in [-0.2, -0.15) is 0 Å². The van der Waals surface area contributed by atoms with Crippen LogP contribution in [-0.2, 0) is 27.3 Å². The van der Waals surface area contributed by atoms with Crippen LogP contribution in [0.3, 0.4) is 0 Å². The van der Waals surface area contributed by atoms with Gasteiger partial charge in [-0.1, -0.05) is 44.2 Å². The number of phenolic OH excluding ortho intramolecular Hbond substituents is 1. The summed E-state index contributed by atoms with van der Waals surface area (Å²) in [6, 6.07) is 13.8. The molecule has 0 saturated carbocycles. The number of likely N-dealkylation sites (N-methyl/N-ethyl adjacent to an activating group) is 1. The minimum Gasteiger partial charge on any atom is -0.508 e. The van der Waals surface area contributed by atoms with Crippen molar-refractivity contribution in [3.05, 3.63) is 64.8 Å². The molecule has 0 fully saturated rings. The van der Waals surface area contributed by atoms with E-state index in [2.05, 4.69) is 24.5 Å². The van der Waals surface area contributed by atoms with Gasteiger partial charge in [0, 0.05) is 30.2 Å². The number of rotatable bonds is 8. The van der Waals surface area contributed by atoms with Crippen molar-refractivity contribution >= 4 is 22.8 Å². The maximum atomic E-state index is 12.9. The number of aromatic nitrogens is 1. The first-order chi connectivity index (χ1) is 15.2. The van der Waals surface area contributed by atoms with Crippen molar-refractivity contribution in [2.75, 3.05) is 20.2 Å². The van der Waals surface area contributed by atoms with Gasteiger partial charge in [0.1, 0.15) is 12.3 Å². The highest BCUT2D eigenvalue weighted by atomic mass is 16.5. The quantitative estimate of drug-likeness (QED) is 0.532. The summed E-state index contributed by atoms with van der Waals surface area (Å²) < 4.78 is 7.17. The molecule has 0 aliphatic heterocycles. The van der Waals surface area contributed by atoms with E-state index in [1.54, 1.807) is 20.0 Å². The normalized spacial score (nSPS) is 11.2. The first-order valence-corrected chi connectivity index (χ1v) is 11.0. The van der Waals surface area contributed by atoms with E-state index in [0.717, 1.165) is 33.3 Å². The largest absolute Gasteiger partial charge is 0.508 e. The lowest BCUT2D eigenvalue weighted by molar-refractivity contribution is -0.147. The molecule has 0 spiro atoms. The Labute approximate surface area is 189 Å². The van der Waals surface area contributed by atoms with E-state index in [0.29, 0.717) is 18.9 Å². The van der Waals surface area contributed by atoms with Gasteiger partial charge < -0.3 is 19.3 Å². The molecule has 1 aromatic heterocycles. The Balaban J connectivity index is 1.92. The SMILES string of the molecule is CCOC(=O)CN(C)C(=O)Cc1c(C)n(Cc2ccc(O)c(C(C)C)c2)c2ccccc12. The van der Waals surface area contributed by atoms with Crippen LogP contribution in [-0.4, -0.2) is 46.6 Å². The van der Waals surface area contributed by atoms with Crippen molar-refractivity contribution in [1.82, 2.24) is 9.47 Å². The molecule has 0 aliphatic carbocycles. The number of benzene rings is 2. The molecule has 0 radical (unpaired) electrons. The Morgan fingerprint density at radius 3 is 2.56 bits per heavy atom. The Hall–Kier alpha value is -3.28. The average molecular weight is 437 g/mol. The molecule has 1 heterocycles. The van der Waals surface area contributed by atoms with Crippen LogP contribution in [0.15, 0.2) is 42.5 Å². The van der Waals surface area contributed by atoms with Crippen LogP contribution in [0.25, 0.3) is 10.9 Å². The molecule has 0 bridgehead atoms. The monoisotopic (exact) mass is 436 g/mol. The fourth-order valence-corrected chi connectivity index (χ4v) is 4.05. The molecule has 6 nitrogen and oxygen atoms in total. The second kappa shape index (κ2) is 9.90. The van der Waals surface area contributed by atoms with Gasteiger partial charge in [-0.3, -0.25) is 9.59 Å². The van der Waals surface area contributed by atoms with Crippen molar-refractivity contribution in [1.29, 1.82) is 0 Å². The van der Waals surface area contributed by atoms with Crippen molar-refractivity contribution in [2.45, 2.75) is 46.6 Å². The highest BCUT2D eigenvalue weighted by Gasteiger charge is 2.20. The highest BCUT2D eigenvalue weighted by molar-refractivity contribution is 5.91. The third kappa shape index (κ3) is 4.96. The third-order valence-corrected chi connectivity index (χ3v) is 5.84. The zero-order valence-electron chi connectivity index (χ0n) is 19.5. The van der Waals surface area contributed by atoms with Crippen LogP contribution in [0, 0.1) is 6.92 Å². The molecule has 0 unspecified atom stereocenters. The number of carbonyl (C=O) groups is 2.